The van der Waals surface area contributed by atoms with Gasteiger partial charge in [-0.25, -0.2) is 0 Å². The minimum Gasteiger partial charge on any atom is -0.481 e. The highest BCUT2D eigenvalue weighted by Gasteiger charge is 2.30. The quantitative estimate of drug-likeness (QED) is 0.860. The van der Waals surface area contributed by atoms with Gasteiger partial charge in [-0.1, -0.05) is 18.2 Å². The number of hydrogen-bond acceptors (Lipinski definition) is 4. The van der Waals surface area contributed by atoms with Crippen molar-refractivity contribution in [2.24, 2.45) is 0 Å². The number of methoxy groups -OCH3 is 1. The van der Waals surface area contributed by atoms with Gasteiger partial charge in [-0.3, -0.25) is 9.59 Å². The molecule has 1 atom stereocenters. The molecular weight excluding hydrogens is 290 g/mol. The van der Waals surface area contributed by atoms with Crippen molar-refractivity contribution < 1.29 is 19.4 Å². The molecule has 6 heteroatoms. The van der Waals surface area contributed by atoms with E-state index in [4.69, 9.17) is 9.84 Å². The number of carboxylic acid groups (broad SMARTS) is 1. The minimum absolute atomic E-state index is 0.135. The average Bonchev–Trinajstić information content (AvgIpc) is 2.81. The Morgan fingerprint density at radius 3 is 2.71 bits per heavy atom. The van der Waals surface area contributed by atoms with Crippen LogP contribution in [0.2, 0.25) is 0 Å². The summed E-state index contributed by atoms with van der Waals surface area (Å²) in [6.45, 7) is 1.80. The van der Waals surface area contributed by atoms with E-state index in [1.54, 1.807) is 6.92 Å². The third-order valence-electron chi connectivity index (χ3n) is 3.07. The largest absolute Gasteiger partial charge is 0.481 e. The Hall–Kier alpha value is -1.92. The van der Waals surface area contributed by atoms with E-state index in [0.717, 1.165) is 10.1 Å². The SMILES string of the molecule is COCC(C)(CC(=O)O)NC(=O)c1cc2ccccc2s1. The second-order valence-electron chi connectivity index (χ2n) is 5.17. The van der Waals surface area contributed by atoms with Crippen molar-refractivity contribution in [3.63, 3.8) is 0 Å². The molecule has 0 bridgehead atoms. The number of amides is 1. The van der Waals surface area contributed by atoms with Crippen LogP contribution in [0.25, 0.3) is 10.1 Å². The molecule has 5 nitrogen and oxygen atoms in total. The summed E-state index contributed by atoms with van der Waals surface area (Å²) < 4.78 is 6.05. The molecule has 0 saturated carbocycles. The van der Waals surface area contributed by atoms with Crippen molar-refractivity contribution >= 4 is 33.3 Å². The maximum atomic E-state index is 12.3. The molecule has 0 fully saturated rings. The Morgan fingerprint density at radius 1 is 1.38 bits per heavy atom. The van der Waals surface area contributed by atoms with Crippen LogP contribution in [-0.2, 0) is 9.53 Å². The first kappa shape index (κ1) is 15.5. The van der Waals surface area contributed by atoms with E-state index < -0.39 is 11.5 Å². The van der Waals surface area contributed by atoms with Crippen LogP contribution in [0.4, 0.5) is 0 Å². The maximum Gasteiger partial charge on any atom is 0.305 e. The van der Waals surface area contributed by atoms with Crippen LogP contribution in [0.15, 0.2) is 30.3 Å². The molecule has 1 unspecified atom stereocenters. The molecule has 2 aromatic rings. The normalized spacial score (nSPS) is 13.8. The molecule has 0 aliphatic rings. The van der Waals surface area contributed by atoms with Crippen LogP contribution < -0.4 is 5.32 Å². The first-order valence-electron chi connectivity index (χ1n) is 6.45. The van der Waals surface area contributed by atoms with Crippen LogP contribution in [-0.4, -0.2) is 36.2 Å². The number of nitrogens with one attached hydrogen (secondary N) is 1. The maximum absolute atomic E-state index is 12.3. The molecule has 1 aromatic heterocycles. The first-order valence-corrected chi connectivity index (χ1v) is 7.27. The number of aliphatic carboxylic acids is 1. The van der Waals surface area contributed by atoms with Gasteiger partial charge in [-0.15, -0.1) is 11.3 Å². The monoisotopic (exact) mass is 307 g/mol. The van der Waals surface area contributed by atoms with E-state index in [1.807, 2.05) is 30.3 Å². The van der Waals surface area contributed by atoms with Gasteiger partial charge in [-0.2, -0.15) is 0 Å². The fourth-order valence-corrected chi connectivity index (χ4v) is 3.17. The highest BCUT2D eigenvalue weighted by molar-refractivity contribution is 7.20. The number of ether oxygens (including phenoxy) is 1. The summed E-state index contributed by atoms with van der Waals surface area (Å²) in [6.07, 6.45) is -0.197. The molecule has 112 valence electrons. The topological polar surface area (TPSA) is 75.6 Å². The molecule has 0 radical (unpaired) electrons. The lowest BCUT2D eigenvalue weighted by Gasteiger charge is -2.28. The number of carbonyl (C=O) groups is 2. The molecule has 2 N–H and O–H groups in total. The standard InChI is InChI=1S/C15H17NO4S/c1-15(9-20-2,8-13(17)18)16-14(19)12-7-10-5-3-4-6-11(10)21-12/h3-7H,8-9H2,1-2H3,(H,16,19)(H,17,18). The minimum atomic E-state index is -0.980. The van der Waals surface area contributed by atoms with Gasteiger partial charge >= 0.3 is 5.97 Å². The van der Waals surface area contributed by atoms with E-state index in [1.165, 1.54) is 18.4 Å². The van der Waals surface area contributed by atoms with Crippen LogP contribution >= 0.6 is 11.3 Å². The Balaban J connectivity index is 2.19. The Labute approximate surface area is 126 Å². The van der Waals surface area contributed by atoms with Crippen molar-refractivity contribution in [3.05, 3.63) is 35.2 Å². The Morgan fingerprint density at radius 2 is 2.10 bits per heavy atom. The number of carbonyl (C=O) groups excluding carboxylic acids is 1. The number of hydrogen-bond donors (Lipinski definition) is 2. The molecule has 21 heavy (non-hydrogen) atoms. The van der Waals surface area contributed by atoms with E-state index in [0.29, 0.717) is 4.88 Å². The Bertz CT molecular complexity index is 633. The number of fused-ring (bicyclic) bond motifs is 1. The second kappa shape index (κ2) is 6.24. The fraction of sp³-hybridized carbons (Fsp3) is 0.333. The zero-order valence-electron chi connectivity index (χ0n) is 11.9. The van der Waals surface area contributed by atoms with Crippen molar-refractivity contribution in [2.45, 2.75) is 18.9 Å². The van der Waals surface area contributed by atoms with Gasteiger partial charge in [0.2, 0.25) is 0 Å². The van der Waals surface area contributed by atoms with E-state index in [-0.39, 0.29) is 18.9 Å². The number of rotatable bonds is 6. The van der Waals surface area contributed by atoms with E-state index >= 15 is 0 Å². The molecular formula is C15H17NO4S. The lowest BCUT2D eigenvalue weighted by molar-refractivity contribution is -0.139. The fourth-order valence-electron chi connectivity index (χ4n) is 2.21. The summed E-state index contributed by atoms with van der Waals surface area (Å²) in [5.41, 5.74) is -0.937. The summed E-state index contributed by atoms with van der Waals surface area (Å²) in [5, 5.41) is 12.7. The van der Waals surface area contributed by atoms with E-state index in [9.17, 15) is 9.59 Å². The Kier molecular flexibility index (Phi) is 4.59. The van der Waals surface area contributed by atoms with Crippen LogP contribution in [0.3, 0.4) is 0 Å². The van der Waals surface area contributed by atoms with Gasteiger partial charge in [0.15, 0.2) is 0 Å². The predicted molar refractivity (Wildman–Crippen MR) is 81.8 cm³/mol. The second-order valence-corrected chi connectivity index (χ2v) is 6.25. The van der Waals surface area contributed by atoms with Gasteiger partial charge in [0.1, 0.15) is 0 Å². The molecule has 0 spiro atoms. The average molecular weight is 307 g/mol. The van der Waals surface area contributed by atoms with Gasteiger partial charge in [0, 0.05) is 11.8 Å². The highest BCUT2D eigenvalue weighted by atomic mass is 32.1. The third kappa shape index (κ3) is 3.80. The van der Waals surface area contributed by atoms with Crippen LogP contribution in [0.1, 0.15) is 23.0 Å². The zero-order chi connectivity index (χ0) is 15.5. The van der Waals surface area contributed by atoms with Gasteiger partial charge in [0.25, 0.3) is 5.91 Å². The molecule has 1 aromatic carbocycles. The lowest BCUT2D eigenvalue weighted by Crippen LogP contribution is -2.50. The molecule has 2 rings (SSSR count). The molecule has 0 aliphatic carbocycles. The van der Waals surface area contributed by atoms with Crippen LogP contribution in [0, 0.1) is 0 Å². The van der Waals surface area contributed by atoms with Crippen molar-refractivity contribution in [1.82, 2.24) is 5.32 Å². The summed E-state index contributed by atoms with van der Waals surface area (Å²) in [7, 11) is 1.48. The number of benzene rings is 1. The number of thiophene rings is 1. The predicted octanol–water partition coefficient (Wildman–Crippen LogP) is 2.51. The van der Waals surface area contributed by atoms with Crippen molar-refractivity contribution in [2.75, 3.05) is 13.7 Å². The van der Waals surface area contributed by atoms with Crippen molar-refractivity contribution in [3.8, 4) is 0 Å². The summed E-state index contributed by atoms with van der Waals surface area (Å²) in [4.78, 5) is 23.8. The first-order chi connectivity index (χ1) is 9.93. The zero-order valence-corrected chi connectivity index (χ0v) is 12.7. The molecule has 0 saturated heterocycles. The van der Waals surface area contributed by atoms with Gasteiger partial charge in [0.05, 0.1) is 23.4 Å². The molecule has 0 aliphatic heterocycles. The molecule has 1 heterocycles. The van der Waals surface area contributed by atoms with Gasteiger partial charge in [-0.05, 0) is 24.4 Å². The molecule has 1 amide bonds. The smallest absolute Gasteiger partial charge is 0.305 e. The van der Waals surface area contributed by atoms with E-state index in [2.05, 4.69) is 5.32 Å². The third-order valence-corrected chi connectivity index (χ3v) is 4.18. The summed E-state index contributed by atoms with van der Waals surface area (Å²) in [5.74, 6) is -1.26. The highest BCUT2D eigenvalue weighted by Crippen LogP contribution is 2.25. The summed E-state index contributed by atoms with van der Waals surface area (Å²) in [6, 6.07) is 9.52. The lowest BCUT2D eigenvalue weighted by atomic mass is 9.99. The number of carboxylic acids is 1. The summed E-state index contributed by atoms with van der Waals surface area (Å²) >= 11 is 1.38. The van der Waals surface area contributed by atoms with Gasteiger partial charge < -0.3 is 15.2 Å². The van der Waals surface area contributed by atoms with Crippen molar-refractivity contribution in [1.29, 1.82) is 0 Å². The van der Waals surface area contributed by atoms with Crippen LogP contribution in [0.5, 0.6) is 0 Å².